The first kappa shape index (κ1) is 12.9. The fourth-order valence-electron chi connectivity index (χ4n) is 3.67. The van der Waals surface area contributed by atoms with Crippen molar-refractivity contribution in [1.29, 1.82) is 0 Å². The van der Waals surface area contributed by atoms with Crippen molar-refractivity contribution < 1.29 is 0 Å². The molecular weight excluding hydrogens is 258 g/mol. The molecule has 2 saturated carbocycles. The molecule has 2 fully saturated rings. The highest BCUT2D eigenvalue weighted by atomic mass is 15.2. The highest BCUT2D eigenvalue weighted by molar-refractivity contribution is 5.38. The summed E-state index contributed by atoms with van der Waals surface area (Å²) < 4.78 is 2.37. The highest BCUT2D eigenvalue weighted by Crippen LogP contribution is 2.43. The summed E-state index contributed by atoms with van der Waals surface area (Å²) in [6.07, 6.45) is 12.0. The Kier molecular flexibility index (Phi) is 3.42. The molecule has 3 heteroatoms. The zero-order chi connectivity index (χ0) is 14.1. The third-order valence-electron chi connectivity index (χ3n) is 4.97. The third-order valence-corrected chi connectivity index (χ3v) is 4.97. The number of anilines is 1. The zero-order valence-electron chi connectivity index (χ0n) is 12.4. The third kappa shape index (κ3) is 2.69. The molecule has 3 nitrogen and oxygen atoms in total. The number of hydrogen-bond acceptors (Lipinski definition) is 2. The van der Waals surface area contributed by atoms with E-state index in [2.05, 4.69) is 51.4 Å². The number of imidazole rings is 1. The van der Waals surface area contributed by atoms with E-state index in [0.29, 0.717) is 18.0 Å². The minimum absolute atomic E-state index is 0.553. The van der Waals surface area contributed by atoms with E-state index < -0.39 is 0 Å². The van der Waals surface area contributed by atoms with Gasteiger partial charge < -0.3 is 9.88 Å². The molecule has 2 unspecified atom stereocenters. The molecule has 0 aliphatic heterocycles. The Labute approximate surface area is 126 Å². The molecule has 0 amide bonds. The van der Waals surface area contributed by atoms with Gasteiger partial charge in [0.25, 0.3) is 0 Å². The van der Waals surface area contributed by atoms with Gasteiger partial charge in [0.15, 0.2) is 0 Å². The molecule has 1 aromatic carbocycles. The van der Waals surface area contributed by atoms with Crippen LogP contribution in [0.3, 0.4) is 0 Å². The Bertz CT molecular complexity index is 584. The standard InChI is InChI=1S/C18H23N3/c1-3-7-14(8-4-1)16-13-17(16)20-18-19-11-12-21(18)15-9-5-2-6-10-15/h1,3-4,7-8,11-12,15-17H,2,5-6,9-10,13H2,(H,19,20). The van der Waals surface area contributed by atoms with Gasteiger partial charge in [0.05, 0.1) is 0 Å². The van der Waals surface area contributed by atoms with E-state index in [1.807, 2.05) is 6.20 Å². The Morgan fingerprint density at radius 3 is 2.67 bits per heavy atom. The summed E-state index contributed by atoms with van der Waals surface area (Å²) in [6, 6.07) is 12.0. The molecule has 2 atom stereocenters. The summed E-state index contributed by atoms with van der Waals surface area (Å²) in [5.41, 5.74) is 1.45. The first-order valence-corrected chi connectivity index (χ1v) is 8.26. The molecule has 1 N–H and O–H groups in total. The minimum atomic E-state index is 0.553. The molecule has 0 spiro atoms. The van der Waals surface area contributed by atoms with E-state index in [0.717, 1.165) is 5.95 Å². The predicted molar refractivity (Wildman–Crippen MR) is 85.6 cm³/mol. The summed E-state index contributed by atoms with van der Waals surface area (Å²) in [6.45, 7) is 0. The Hall–Kier alpha value is -1.77. The van der Waals surface area contributed by atoms with Gasteiger partial charge in [-0.2, -0.15) is 0 Å². The Morgan fingerprint density at radius 2 is 1.86 bits per heavy atom. The molecule has 110 valence electrons. The summed E-state index contributed by atoms with van der Waals surface area (Å²) in [5.74, 6) is 1.73. The maximum Gasteiger partial charge on any atom is 0.203 e. The van der Waals surface area contributed by atoms with Gasteiger partial charge in [0, 0.05) is 30.4 Å². The Balaban J connectivity index is 1.43. The predicted octanol–water partition coefficient (Wildman–Crippen LogP) is 4.36. The van der Waals surface area contributed by atoms with E-state index in [1.54, 1.807) is 0 Å². The number of nitrogens with zero attached hydrogens (tertiary/aromatic N) is 2. The fourth-order valence-corrected chi connectivity index (χ4v) is 3.67. The van der Waals surface area contributed by atoms with Crippen molar-refractivity contribution in [3.63, 3.8) is 0 Å². The lowest BCUT2D eigenvalue weighted by Gasteiger charge is -2.24. The van der Waals surface area contributed by atoms with Crippen molar-refractivity contribution >= 4 is 5.95 Å². The monoisotopic (exact) mass is 281 g/mol. The number of hydrogen-bond donors (Lipinski definition) is 1. The summed E-state index contributed by atoms with van der Waals surface area (Å²) in [4.78, 5) is 4.55. The van der Waals surface area contributed by atoms with Crippen LogP contribution in [0.1, 0.15) is 56.0 Å². The van der Waals surface area contributed by atoms with Crippen LogP contribution >= 0.6 is 0 Å². The van der Waals surface area contributed by atoms with E-state index in [4.69, 9.17) is 0 Å². The smallest absolute Gasteiger partial charge is 0.203 e. The van der Waals surface area contributed by atoms with Crippen LogP contribution in [0.25, 0.3) is 0 Å². The van der Waals surface area contributed by atoms with Gasteiger partial charge in [-0.05, 0) is 24.8 Å². The summed E-state index contributed by atoms with van der Waals surface area (Å²) in [5, 5.41) is 3.66. The second kappa shape index (κ2) is 5.55. The quantitative estimate of drug-likeness (QED) is 0.902. The second-order valence-electron chi connectivity index (χ2n) is 6.45. The molecule has 2 aliphatic rings. The maximum absolute atomic E-state index is 4.55. The number of benzene rings is 1. The molecule has 0 radical (unpaired) electrons. The molecule has 21 heavy (non-hydrogen) atoms. The van der Waals surface area contributed by atoms with Gasteiger partial charge in [-0.3, -0.25) is 0 Å². The van der Waals surface area contributed by atoms with Crippen molar-refractivity contribution in [3.8, 4) is 0 Å². The van der Waals surface area contributed by atoms with Crippen molar-refractivity contribution in [1.82, 2.24) is 9.55 Å². The lowest BCUT2D eigenvalue weighted by Crippen LogP contribution is -2.17. The first-order valence-electron chi connectivity index (χ1n) is 8.26. The molecular formula is C18H23N3. The van der Waals surface area contributed by atoms with Crippen LogP contribution in [0.2, 0.25) is 0 Å². The Morgan fingerprint density at radius 1 is 1.05 bits per heavy atom. The van der Waals surface area contributed by atoms with Crippen molar-refractivity contribution in [3.05, 3.63) is 48.3 Å². The van der Waals surface area contributed by atoms with Gasteiger partial charge in [-0.1, -0.05) is 49.6 Å². The number of nitrogens with one attached hydrogen (secondary N) is 1. The molecule has 1 heterocycles. The van der Waals surface area contributed by atoms with Crippen LogP contribution in [0, 0.1) is 0 Å². The van der Waals surface area contributed by atoms with Crippen LogP contribution in [0.4, 0.5) is 5.95 Å². The van der Waals surface area contributed by atoms with Crippen molar-refractivity contribution in [2.75, 3.05) is 5.32 Å². The van der Waals surface area contributed by atoms with Gasteiger partial charge in [-0.25, -0.2) is 4.98 Å². The van der Waals surface area contributed by atoms with E-state index >= 15 is 0 Å². The van der Waals surface area contributed by atoms with Gasteiger partial charge >= 0.3 is 0 Å². The zero-order valence-corrected chi connectivity index (χ0v) is 12.4. The van der Waals surface area contributed by atoms with E-state index in [9.17, 15) is 0 Å². The average Bonchev–Trinajstić information content (AvgIpc) is 3.16. The summed E-state index contributed by atoms with van der Waals surface area (Å²) in [7, 11) is 0. The van der Waals surface area contributed by atoms with Gasteiger partial charge in [0.1, 0.15) is 0 Å². The summed E-state index contributed by atoms with van der Waals surface area (Å²) >= 11 is 0. The molecule has 2 aromatic rings. The topological polar surface area (TPSA) is 29.9 Å². The minimum Gasteiger partial charge on any atom is -0.352 e. The van der Waals surface area contributed by atoms with Crippen LogP contribution in [0.15, 0.2) is 42.7 Å². The van der Waals surface area contributed by atoms with Crippen molar-refractivity contribution in [2.45, 2.75) is 56.5 Å². The molecule has 0 saturated heterocycles. The molecule has 2 aliphatic carbocycles. The van der Waals surface area contributed by atoms with E-state index in [1.165, 1.54) is 44.1 Å². The maximum atomic E-state index is 4.55. The number of rotatable bonds is 4. The molecule has 1 aromatic heterocycles. The lowest BCUT2D eigenvalue weighted by molar-refractivity contribution is 0.356. The number of aromatic nitrogens is 2. The second-order valence-corrected chi connectivity index (χ2v) is 6.45. The first-order chi connectivity index (χ1) is 10.4. The van der Waals surface area contributed by atoms with Crippen LogP contribution in [-0.2, 0) is 0 Å². The van der Waals surface area contributed by atoms with Crippen molar-refractivity contribution in [2.24, 2.45) is 0 Å². The van der Waals surface area contributed by atoms with Gasteiger partial charge in [0.2, 0.25) is 5.95 Å². The SMILES string of the molecule is c1ccc(C2CC2Nc2nccn2C2CCCCC2)cc1. The fraction of sp³-hybridized carbons (Fsp3) is 0.500. The largest absolute Gasteiger partial charge is 0.352 e. The van der Waals surface area contributed by atoms with Gasteiger partial charge in [-0.15, -0.1) is 0 Å². The normalized spacial score (nSPS) is 25.7. The van der Waals surface area contributed by atoms with Crippen LogP contribution in [-0.4, -0.2) is 15.6 Å². The molecule has 0 bridgehead atoms. The van der Waals surface area contributed by atoms with E-state index in [-0.39, 0.29) is 0 Å². The van der Waals surface area contributed by atoms with Crippen LogP contribution in [0.5, 0.6) is 0 Å². The highest BCUT2D eigenvalue weighted by Gasteiger charge is 2.39. The molecule has 4 rings (SSSR count). The average molecular weight is 281 g/mol. The lowest BCUT2D eigenvalue weighted by atomic mass is 9.95. The van der Waals surface area contributed by atoms with Crippen LogP contribution < -0.4 is 5.32 Å².